The molecule has 1 fully saturated rings. The van der Waals surface area contributed by atoms with E-state index in [2.05, 4.69) is 34.1 Å². The summed E-state index contributed by atoms with van der Waals surface area (Å²) in [6, 6.07) is 8.28. The molecule has 6 nitrogen and oxygen atoms in total. The highest BCUT2D eigenvalue weighted by Gasteiger charge is 2.30. The number of morpholine rings is 1. The Morgan fingerprint density at radius 3 is 2.78 bits per heavy atom. The molecule has 0 N–H and O–H groups in total. The predicted molar refractivity (Wildman–Crippen MR) is 85.6 cm³/mol. The van der Waals surface area contributed by atoms with Gasteiger partial charge >= 0.3 is 0 Å². The molecule has 2 heterocycles. The third-order valence-corrected chi connectivity index (χ3v) is 4.26. The molecule has 0 aliphatic carbocycles. The fourth-order valence-corrected chi connectivity index (χ4v) is 2.92. The molecule has 2 atom stereocenters. The summed E-state index contributed by atoms with van der Waals surface area (Å²) in [6.07, 6.45) is 0. The number of rotatable bonds is 5. The van der Waals surface area contributed by atoms with Gasteiger partial charge in [0.25, 0.3) is 0 Å². The molecule has 1 aliphatic heterocycles. The van der Waals surface area contributed by atoms with Crippen LogP contribution in [0.25, 0.3) is 0 Å². The number of hydrogen-bond acceptors (Lipinski definition) is 6. The zero-order valence-corrected chi connectivity index (χ0v) is 13.9. The van der Waals surface area contributed by atoms with Crippen LogP contribution in [-0.2, 0) is 4.74 Å². The smallest absolute Gasteiger partial charge is 0.246 e. The van der Waals surface area contributed by atoms with E-state index in [4.69, 9.17) is 14.0 Å². The van der Waals surface area contributed by atoms with Crippen LogP contribution in [0, 0.1) is 6.92 Å². The first-order valence-electron chi connectivity index (χ1n) is 7.93. The van der Waals surface area contributed by atoms with Crippen molar-refractivity contribution in [1.82, 2.24) is 15.0 Å². The van der Waals surface area contributed by atoms with Gasteiger partial charge in [0.1, 0.15) is 11.8 Å². The lowest BCUT2D eigenvalue weighted by Crippen LogP contribution is -2.41. The lowest BCUT2D eigenvalue weighted by molar-refractivity contribution is -0.0219. The molecule has 0 radical (unpaired) electrons. The van der Waals surface area contributed by atoms with Gasteiger partial charge in [-0.2, -0.15) is 4.98 Å². The molecule has 6 heteroatoms. The summed E-state index contributed by atoms with van der Waals surface area (Å²) in [7, 11) is 1.68. The minimum absolute atomic E-state index is 0.0330. The summed E-state index contributed by atoms with van der Waals surface area (Å²) in [4.78, 5) is 6.74. The molecule has 0 amide bonds. The Morgan fingerprint density at radius 1 is 1.35 bits per heavy atom. The molecule has 2 aromatic rings. The van der Waals surface area contributed by atoms with Crippen molar-refractivity contribution < 1.29 is 14.0 Å². The van der Waals surface area contributed by atoms with Crippen molar-refractivity contribution in [1.29, 1.82) is 0 Å². The van der Waals surface area contributed by atoms with E-state index in [9.17, 15) is 0 Å². The molecule has 0 saturated carbocycles. The van der Waals surface area contributed by atoms with Crippen LogP contribution < -0.4 is 4.74 Å². The maximum Gasteiger partial charge on any atom is 0.246 e. The van der Waals surface area contributed by atoms with Crippen molar-refractivity contribution in [2.24, 2.45) is 0 Å². The third kappa shape index (κ3) is 3.71. The van der Waals surface area contributed by atoms with Gasteiger partial charge < -0.3 is 14.0 Å². The van der Waals surface area contributed by atoms with Crippen LogP contribution in [0.1, 0.15) is 36.2 Å². The quantitative estimate of drug-likeness (QED) is 0.844. The molecule has 1 aliphatic rings. The van der Waals surface area contributed by atoms with Gasteiger partial charge in [0.2, 0.25) is 5.89 Å². The highest BCUT2D eigenvalue weighted by molar-refractivity contribution is 5.29. The van der Waals surface area contributed by atoms with Crippen LogP contribution in [0.15, 0.2) is 28.8 Å². The summed E-state index contributed by atoms with van der Waals surface area (Å²) < 4.78 is 16.2. The van der Waals surface area contributed by atoms with Gasteiger partial charge in [0.05, 0.1) is 20.3 Å². The van der Waals surface area contributed by atoms with E-state index in [1.54, 1.807) is 7.11 Å². The highest BCUT2D eigenvalue weighted by atomic mass is 16.5. The Kier molecular flexibility index (Phi) is 4.93. The number of hydrogen-bond donors (Lipinski definition) is 0. The monoisotopic (exact) mass is 317 g/mol. The number of benzene rings is 1. The van der Waals surface area contributed by atoms with Crippen molar-refractivity contribution in [2.45, 2.75) is 25.8 Å². The summed E-state index contributed by atoms with van der Waals surface area (Å²) >= 11 is 0. The van der Waals surface area contributed by atoms with E-state index in [0.29, 0.717) is 24.2 Å². The third-order valence-electron chi connectivity index (χ3n) is 4.26. The van der Waals surface area contributed by atoms with Crippen molar-refractivity contribution >= 4 is 0 Å². The van der Waals surface area contributed by atoms with E-state index in [1.807, 2.05) is 19.1 Å². The topological polar surface area (TPSA) is 60.6 Å². The SMILES string of the molecule is COc1ccc([C@@H](C)CN2CCOC[C@@H]2c2nc(C)no2)cc1. The van der Waals surface area contributed by atoms with Crippen LogP contribution >= 0.6 is 0 Å². The van der Waals surface area contributed by atoms with Gasteiger partial charge in [0, 0.05) is 13.1 Å². The van der Waals surface area contributed by atoms with Crippen LogP contribution in [0.4, 0.5) is 0 Å². The Balaban J connectivity index is 1.70. The van der Waals surface area contributed by atoms with Crippen LogP contribution in [-0.4, -0.2) is 48.5 Å². The summed E-state index contributed by atoms with van der Waals surface area (Å²) in [5.41, 5.74) is 1.29. The normalized spacial score (nSPS) is 20.4. The van der Waals surface area contributed by atoms with E-state index < -0.39 is 0 Å². The Morgan fingerprint density at radius 2 is 2.13 bits per heavy atom. The second-order valence-electron chi connectivity index (χ2n) is 5.94. The van der Waals surface area contributed by atoms with Gasteiger partial charge in [-0.15, -0.1) is 0 Å². The maximum absolute atomic E-state index is 5.61. The van der Waals surface area contributed by atoms with Crippen molar-refractivity contribution in [3.05, 3.63) is 41.5 Å². The molecule has 1 aromatic heterocycles. The van der Waals surface area contributed by atoms with Crippen LogP contribution in [0.2, 0.25) is 0 Å². The molecule has 124 valence electrons. The van der Waals surface area contributed by atoms with Gasteiger partial charge in [-0.05, 0) is 30.5 Å². The Labute approximate surface area is 136 Å². The number of aryl methyl sites for hydroxylation is 1. The first kappa shape index (κ1) is 16.0. The van der Waals surface area contributed by atoms with Crippen molar-refractivity contribution in [3.63, 3.8) is 0 Å². The fourth-order valence-electron chi connectivity index (χ4n) is 2.92. The van der Waals surface area contributed by atoms with E-state index in [-0.39, 0.29) is 6.04 Å². The molecule has 0 spiro atoms. The molecule has 0 bridgehead atoms. The molecule has 1 saturated heterocycles. The first-order valence-corrected chi connectivity index (χ1v) is 7.93. The number of methoxy groups -OCH3 is 1. The molecule has 0 unspecified atom stereocenters. The lowest BCUT2D eigenvalue weighted by Gasteiger charge is -2.35. The van der Waals surface area contributed by atoms with E-state index in [0.717, 1.165) is 25.4 Å². The second-order valence-corrected chi connectivity index (χ2v) is 5.94. The van der Waals surface area contributed by atoms with Gasteiger partial charge in [-0.25, -0.2) is 0 Å². The summed E-state index contributed by atoms with van der Waals surface area (Å²) in [5.74, 6) is 2.58. The van der Waals surface area contributed by atoms with Crippen LogP contribution in [0.5, 0.6) is 5.75 Å². The maximum atomic E-state index is 5.61. The summed E-state index contributed by atoms with van der Waals surface area (Å²) in [5, 5.41) is 3.90. The second kappa shape index (κ2) is 7.10. The average Bonchev–Trinajstić information content (AvgIpc) is 3.01. The molecule has 23 heavy (non-hydrogen) atoms. The van der Waals surface area contributed by atoms with Crippen molar-refractivity contribution in [2.75, 3.05) is 33.4 Å². The van der Waals surface area contributed by atoms with Crippen molar-refractivity contribution in [3.8, 4) is 5.75 Å². The first-order chi connectivity index (χ1) is 11.2. The summed E-state index contributed by atoms with van der Waals surface area (Å²) in [6.45, 7) is 7.18. The minimum Gasteiger partial charge on any atom is -0.497 e. The highest BCUT2D eigenvalue weighted by Crippen LogP contribution is 2.27. The molecular formula is C17H23N3O3. The lowest BCUT2D eigenvalue weighted by atomic mass is 9.99. The van der Waals surface area contributed by atoms with Gasteiger partial charge in [-0.3, -0.25) is 4.90 Å². The number of ether oxygens (including phenoxy) is 2. The Bertz CT molecular complexity index is 626. The number of aromatic nitrogens is 2. The number of nitrogens with zero attached hydrogens (tertiary/aromatic N) is 3. The molecular weight excluding hydrogens is 294 g/mol. The zero-order chi connectivity index (χ0) is 16.2. The fraction of sp³-hybridized carbons (Fsp3) is 0.529. The van der Waals surface area contributed by atoms with Gasteiger partial charge in [-0.1, -0.05) is 24.2 Å². The zero-order valence-electron chi connectivity index (χ0n) is 13.9. The predicted octanol–water partition coefficient (Wildman–Crippen LogP) is 2.56. The largest absolute Gasteiger partial charge is 0.497 e. The van der Waals surface area contributed by atoms with Gasteiger partial charge in [0.15, 0.2) is 5.82 Å². The average molecular weight is 317 g/mol. The van der Waals surface area contributed by atoms with E-state index >= 15 is 0 Å². The Hall–Kier alpha value is -1.92. The molecule has 3 rings (SSSR count). The van der Waals surface area contributed by atoms with Crippen LogP contribution in [0.3, 0.4) is 0 Å². The van der Waals surface area contributed by atoms with E-state index in [1.165, 1.54) is 5.56 Å². The minimum atomic E-state index is 0.0330. The molecule has 1 aromatic carbocycles. The standard InChI is InChI=1S/C17H23N3O3/c1-12(14-4-6-15(21-3)7-5-14)10-20-8-9-22-11-16(20)17-18-13(2)19-23-17/h4-7,12,16H,8-11H2,1-3H3/t12-,16+/m0/s1.